The highest BCUT2D eigenvalue weighted by atomic mass is 16.5. The third-order valence-corrected chi connectivity index (χ3v) is 5.76. The number of nitriles is 1. The second-order valence-electron chi connectivity index (χ2n) is 8.06. The molecule has 3 aliphatic rings. The SMILES string of the molecule is CCCCOC1=NC(N)C2N=C(C#N)C(Cc3ccc(CN4CCOCC4)cc3)=C2N1. The minimum atomic E-state index is -0.551. The number of morpholine rings is 1. The molecule has 0 saturated carbocycles. The summed E-state index contributed by atoms with van der Waals surface area (Å²) in [7, 11) is 0. The summed E-state index contributed by atoms with van der Waals surface area (Å²) in [5.41, 5.74) is 10.8. The number of fused-ring (bicyclic) bond motifs is 1. The number of hydrogen-bond donors (Lipinski definition) is 2. The van der Waals surface area contributed by atoms with Gasteiger partial charge in [0.25, 0.3) is 6.02 Å². The number of allylic oxidation sites excluding steroid dienone is 1. The van der Waals surface area contributed by atoms with Crippen molar-refractivity contribution in [2.24, 2.45) is 15.7 Å². The Balaban J connectivity index is 1.47. The average molecular weight is 423 g/mol. The minimum Gasteiger partial charge on any atom is -0.465 e. The number of amidine groups is 1. The summed E-state index contributed by atoms with van der Waals surface area (Å²) in [5, 5.41) is 12.9. The van der Waals surface area contributed by atoms with Gasteiger partial charge < -0.3 is 20.5 Å². The Bertz CT molecular complexity index is 909. The van der Waals surface area contributed by atoms with Crippen LogP contribution in [0.5, 0.6) is 0 Å². The van der Waals surface area contributed by atoms with E-state index in [4.69, 9.17) is 15.2 Å². The second-order valence-corrected chi connectivity index (χ2v) is 8.06. The molecule has 0 radical (unpaired) electrons. The van der Waals surface area contributed by atoms with Crippen LogP contribution in [0.4, 0.5) is 0 Å². The average Bonchev–Trinajstić information content (AvgIpc) is 3.14. The molecule has 0 aliphatic carbocycles. The molecule has 3 aliphatic heterocycles. The molecule has 3 N–H and O–H groups in total. The minimum absolute atomic E-state index is 0.358. The third kappa shape index (κ3) is 5.13. The predicted octanol–water partition coefficient (Wildman–Crippen LogP) is 1.72. The van der Waals surface area contributed by atoms with E-state index >= 15 is 0 Å². The van der Waals surface area contributed by atoms with Crippen molar-refractivity contribution in [1.82, 2.24) is 10.2 Å². The van der Waals surface area contributed by atoms with Crippen LogP contribution in [0.25, 0.3) is 0 Å². The summed E-state index contributed by atoms with van der Waals surface area (Å²) in [5.74, 6) is 0. The first-order valence-corrected chi connectivity index (χ1v) is 11.0. The van der Waals surface area contributed by atoms with E-state index in [2.05, 4.69) is 57.5 Å². The lowest BCUT2D eigenvalue weighted by atomic mass is 9.97. The molecular formula is C23H30N6O2. The normalized spacial score (nSPS) is 23.5. The summed E-state index contributed by atoms with van der Waals surface area (Å²) >= 11 is 0. The predicted molar refractivity (Wildman–Crippen MR) is 120 cm³/mol. The molecule has 3 heterocycles. The number of nitrogens with zero attached hydrogens (tertiary/aromatic N) is 4. The van der Waals surface area contributed by atoms with Gasteiger partial charge in [0, 0.05) is 31.6 Å². The molecule has 8 heteroatoms. The molecular weight excluding hydrogens is 392 g/mol. The van der Waals surface area contributed by atoms with E-state index in [1.807, 2.05) is 0 Å². The monoisotopic (exact) mass is 422 g/mol. The van der Waals surface area contributed by atoms with Crippen molar-refractivity contribution < 1.29 is 9.47 Å². The first-order chi connectivity index (χ1) is 15.2. The lowest BCUT2D eigenvalue weighted by molar-refractivity contribution is 0.0342. The van der Waals surface area contributed by atoms with Gasteiger partial charge in [-0.05, 0) is 17.5 Å². The van der Waals surface area contributed by atoms with Crippen molar-refractivity contribution >= 4 is 11.7 Å². The Morgan fingerprint density at radius 2 is 1.97 bits per heavy atom. The number of ether oxygens (including phenoxy) is 2. The largest absolute Gasteiger partial charge is 0.465 e. The molecule has 0 amide bonds. The van der Waals surface area contributed by atoms with Crippen molar-refractivity contribution in [1.29, 1.82) is 5.26 Å². The van der Waals surface area contributed by atoms with E-state index in [1.165, 1.54) is 5.56 Å². The van der Waals surface area contributed by atoms with Gasteiger partial charge in [-0.1, -0.05) is 37.6 Å². The second kappa shape index (κ2) is 10.1. The number of aliphatic imine (C=N–C) groups is 2. The Labute approximate surface area is 183 Å². The molecule has 8 nitrogen and oxygen atoms in total. The van der Waals surface area contributed by atoms with E-state index < -0.39 is 6.17 Å². The summed E-state index contributed by atoms with van der Waals surface area (Å²) in [4.78, 5) is 11.3. The molecule has 1 saturated heterocycles. The first kappa shape index (κ1) is 21.5. The Hall–Kier alpha value is -2.73. The van der Waals surface area contributed by atoms with Gasteiger partial charge in [0.2, 0.25) is 0 Å². The van der Waals surface area contributed by atoms with Crippen molar-refractivity contribution in [2.45, 2.75) is 44.9 Å². The molecule has 0 aromatic heterocycles. The topological polar surface area (TPSA) is 108 Å². The van der Waals surface area contributed by atoms with Gasteiger partial charge in [-0.25, -0.2) is 4.99 Å². The Morgan fingerprint density at radius 3 is 2.68 bits per heavy atom. The molecule has 2 unspecified atom stereocenters. The number of unbranched alkanes of at least 4 members (excludes halogenated alkanes) is 1. The zero-order valence-corrected chi connectivity index (χ0v) is 18.0. The quantitative estimate of drug-likeness (QED) is 0.648. The highest BCUT2D eigenvalue weighted by molar-refractivity contribution is 6.14. The number of benzene rings is 1. The smallest absolute Gasteiger partial charge is 0.290 e. The van der Waals surface area contributed by atoms with Gasteiger partial charge in [-0.2, -0.15) is 5.26 Å². The molecule has 0 bridgehead atoms. The van der Waals surface area contributed by atoms with Gasteiger partial charge in [0.15, 0.2) is 0 Å². The standard InChI is InChI=1S/C23H30N6O2/c1-2-3-10-31-23-27-20-18(19(14-24)26-21(20)22(25)28-23)13-16-4-6-17(7-5-16)15-29-8-11-30-12-9-29/h4-7,21-22H,2-3,8-13,15,25H2,1H3,(H,27,28). The lowest BCUT2D eigenvalue weighted by Crippen LogP contribution is -2.46. The van der Waals surface area contributed by atoms with Crippen molar-refractivity contribution in [2.75, 3.05) is 32.9 Å². The van der Waals surface area contributed by atoms with Crippen LogP contribution in [0.3, 0.4) is 0 Å². The van der Waals surface area contributed by atoms with Crippen molar-refractivity contribution in [3.63, 3.8) is 0 Å². The lowest BCUT2D eigenvalue weighted by Gasteiger charge is -2.26. The van der Waals surface area contributed by atoms with Crippen LogP contribution in [-0.4, -0.2) is 61.8 Å². The Morgan fingerprint density at radius 1 is 1.23 bits per heavy atom. The molecule has 164 valence electrons. The Kier molecular flexibility index (Phi) is 6.97. The van der Waals surface area contributed by atoms with Crippen LogP contribution in [-0.2, 0) is 22.4 Å². The van der Waals surface area contributed by atoms with E-state index in [0.717, 1.165) is 62.5 Å². The summed E-state index contributed by atoms with van der Waals surface area (Å²) in [6, 6.07) is 10.9. The van der Waals surface area contributed by atoms with Gasteiger partial charge in [-0.15, -0.1) is 0 Å². The number of nitrogens with two attached hydrogens (primary N) is 1. The maximum absolute atomic E-state index is 9.65. The highest BCUT2D eigenvalue weighted by Crippen LogP contribution is 2.28. The van der Waals surface area contributed by atoms with Crippen LogP contribution in [0.1, 0.15) is 30.9 Å². The van der Waals surface area contributed by atoms with Gasteiger partial charge in [-0.3, -0.25) is 9.89 Å². The number of rotatable bonds is 7. The van der Waals surface area contributed by atoms with E-state index in [0.29, 0.717) is 24.8 Å². The van der Waals surface area contributed by atoms with Crippen molar-refractivity contribution in [3.05, 3.63) is 46.7 Å². The van der Waals surface area contributed by atoms with Crippen LogP contribution in [0, 0.1) is 11.3 Å². The van der Waals surface area contributed by atoms with E-state index in [9.17, 15) is 5.26 Å². The van der Waals surface area contributed by atoms with Gasteiger partial charge in [0.1, 0.15) is 24.0 Å². The summed E-state index contributed by atoms with van der Waals surface area (Å²) in [6.45, 7) is 7.16. The van der Waals surface area contributed by atoms with Crippen LogP contribution < -0.4 is 11.1 Å². The molecule has 2 atom stereocenters. The zero-order valence-electron chi connectivity index (χ0n) is 18.0. The van der Waals surface area contributed by atoms with Crippen LogP contribution in [0.2, 0.25) is 0 Å². The fourth-order valence-electron chi connectivity index (χ4n) is 3.98. The molecule has 0 spiro atoms. The zero-order chi connectivity index (χ0) is 21.6. The van der Waals surface area contributed by atoms with E-state index in [1.54, 1.807) is 0 Å². The highest BCUT2D eigenvalue weighted by Gasteiger charge is 2.36. The van der Waals surface area contributed by atoms with Crippen LogP contribution >= 0.6 is 0 Å². The summed E-state index contributed by atoms with van der Waals surface area (Å²) in [6.07, 6.45) is 2.05. The molecule has 4 rings (SSSR count). The maximum atomic E-state index is 9.65. The molecule has 1 fully saturated rings. The van der Waals surface area contributed by atoms with Gasteiger partial charge in [0.05, 0.1) is 25.5 Å². The molecule has 1 aromatic rings. The molecule has 1 aromatic carbocycles. The number of hydrogen-bond acceptors (Lipinski definition) is 8. The fraction of sp³-hybridized carbons (Fsp3) is 0.522. The van der Waals surface area contributed by atoms with E-state index in [-0.39, 0.29) is 6.04 Å². The fourth-order valence-corrected chi connectivity index (χ4v) is 3.98. The van der Waals surface area contributed by atoms with Gasteiger partial charge >= 0.3 is 0 Å². The number of nitrogens with one attached hydrogen (secondary N) is 1. The maximum Gasteiger partial charge on any atom is 0.290 e. The summed E-state index contributed by atoms with van der Waals surface area (Å²) < 4.78 is 11.2. The van der Waals surface area contributed by atoms with Crippen LogP contribution in [0.15, 0.2) is 45.5 Å². The van der Waals surface area contributed by atoms with Crippen molar-refractivity contribution in [3.8, 4) is 6.07 Å². The first-order valence-electron chi connectivity index (χ1n) is 11.0. The molecule has 31 heavy (non-hydrogen) atoms. The third-order valence-electron chi connectivity index (χ3n) is 5.76.